The second-order valence-corrected chi connectivity index (χ2v) is 3.81. The Morgan fingerprint density at radius 1 is 1.32 bits per heavy atom. The zero-order chi connectivity index (χ0) is 14.0. The predicted molar refractivity (Wildman–Crippen MR) is 59.6 cm³/mol. The lowest BCUT2D eigenvalue weighted by Crippen LogP contribution is -2.07. The molecule has 98 valence electrons. The third kappa shape index (κ3) is 2.85. The van der Waals surface area contributed by atoms with Crippen LogP contribution in [0.15, 0.2) is 24.3 Å². The van der Waals surface area contributed by atoms with E-state index in [-0.39, 0.29) is 11.6 Å². The first-order valence-corrected chi connectivity index (χ1v) is 5.21. The van der Waals surface area contributed by atoms with E-state index in [9.17, 15) is 13.2 Å². The molecule has 0 amide bonds. The van der Waals surface area contributed by atoms with Crippen LogP contribution in [-0.2, 0) is 6.18 Å². The number of nitrogens with one attached hydrogen (secondary N) is 1. The van der Waals surface area contributed by atoms with Gasteiger partial charge in [-0.15, -0.1) is 5.10 Å². The van der Waals surface area contributed by atoms with Crippen molar-refractivity contribution >= 4 is 0 Å². The molecule has 2 rings (SSSR count). The van der Waals surface area contributed by atoms with Gasteiger partial charge in [-0.3, -0.25) is 5.10 Å². The molecule has 1 aromatic carbocycles. The summed E-state index contributed by atoms with van der Waals surface area (Å²) < 4.78 is 43.4. The highest BCUT2D eigenvalue weighted by Crippen LogP contribution is 2.35. The van der Waals surface area contributed by atoms with Crippen LogP contribution >= 0.6 is 0 Å². The fourth-order valence-electron chi connectivity index (χ4n) is 1.48. The molecular formula is C12H8F3N3O. The Morgan fingerprint density at radius 3 is 2.58 bits per heavy atom. The first-order chi connectivity index (χ1) is 8.90. The molecule has 0 saturated carbocycles. The standard InChI is InChI=1S/C12H8F3N3O/c1-7-4-11(18-17-7)19-9-3-2-8(6-16)10(5-9)12(13,14)15/h2-5H,1H3,(H,17,18). The third-order valence-corrected chi connectivity index (χ3v) is 2.32. The van der Waals surface area contributed by atoms with E-state index in [1.807, 2.05) is 0 Å². The Morgan fingerprint density at radius 2 is 2.05 bits per heavy atom. The zero-order valence-corrected chi connectivity index (χ0v) is 9.75. The number of aryl methyl sites for hydroxylation is 1. The summed E-state index contributed by atoms with van der Waals surface area (Å²) in [6.07, 6.45) is -4.61. The molecule has 7 heteroatoms. The molecule has 0 saturated heterocycles. The molecule has 0 atom stereocenters. The van der Waals surface area contributed by atoms with Gasteiger partial charge in [-0.25, -0.2) is 0 Å². The summed E-state index contributed by atoms with van der Waals surface area (Å²) in [5.74, 6) is 0.133. The van der Waals surface area contributed by atoms with Gasteiger partial charge in [0, 0.05) is 11.8 Å². The van der Waals surface area contributed by atoms with Crippen molar-refractivity contribution < 1.29 is 17.9 Å². The smallest absolute Gasteiger partial charge is 0.417 e. The summed E-state index contributed by atoms with van der Waals surface area (Å²) in [4.78, 5) is 0. The first-order valence-electron chi connectivity index (χ1n) is 5.21. The van der Waals surface area contributed by atoms with Gasteiger partial charge in [-0.1, -0.05) is 0 Å². The van der Waals surface area contributed by atoms with Crippen molar-refractivity contribution in [2.24, 2.45) is 0 Å². The average molecular weight is 267 g/mol. The van der Waals surface area contributed by atoms with Gasteiger partial charge in [0.15, 0.2) is 0 Å². The van der Waals surface area contributed by atoms with Crippen LogP contribution in [0.5, 0.6) is 11.6 Å². The molecule has 0 aliphatic heterocycles. The van der Waals surface area contributed by atoms with Gasteiger partial charge in [0.2, 0.25) is 5.88 Å². The summed E-state index contributed by atoms with van der Waals surface area (Å²) in [6.45, 7) is 1.74. The van der Waals surface area contributed by atoms with Crippen LogP contribution in [0, 0.1) is 18.3 Å². The summed E-state index contributed by atoms with van der Waals surface area (Å²) in [6, 6.07) is 6.18. The maximum Gasteiger partial charge on any atom is 0.417 e. The SMILES string of the molecule is Cc1cc(Oc2ccc(C#N)c(C(F)(F)F)c2)n[nH]1. The van der Waals surface area contributed by atoms with Crippen LogP contribution in [-0.4, -0.2) is 10.2 Å². The number of halogens is 3. The lowest BCUT2D eigenvalue weighted by atomic mass is 10.1. The van der Waals surface area contributed by atoms with Crippen molar-refractivity contribution in [3.63, 3.8) is 0 Å². The molecule has 1 N–H and O–H groups in total. The van der Waals surface area contributed by atoms with Gasteiger partial charge in [0.1, 0.15) is 5.75 Å². The van der Waals surface area contributed by atoms with Gasteiger partial charge in [-0.05, 0) is 25.1 Å². The van der Waals surface area contributed by atoms with Crippen LogP contribution in [0.2, 0.25) is 0 Å². The summed E-state index contributed by atoms with van der Waals surface area (Å²) in [5, 5.41) is 15.0. The van der Waals surface area contributed by atoms with Gasteiger partial charge in [0.25, 0.3) is 0 Å². The maximum absolute atomic E-state index is 12.7. The lowest BCUT2D eigenvalue weighted by molar-refractivity contribution is -0.137. The Hall–Kier alpha value is -2.49. The third-order valence-electron chi connectivity index (χ3n) is 2.32. The van der Waals surface area contributed by atoms with E-state index >= 15 is 0 Å². The average Bonchev–Trinajstić information content (AvgIpc) is 2.73. The minimum atomic E-state index is -4.61. The van der Waals surface area contributed by atoms with E-state index in [1.165, 1.54) is 12.1 Å². The van der Waals surface area contributed by atoms with Crippen molar-refractivity contribution in [3.05, 3.63) is 41.1 Å². The van der Waals surface area contributed by atoms with Crippen molar-refractivity contribution in [1.29, 1.82) is 5.26 Å². The minimum absolute atomic E-state index is 0.0298. The normalized spacial score (nSPS) is 11.1. The second kappa shape index (κ2) is 4.65. The largest absolute Gasteiger partial charge is 0.438 e. The van der Waals surface area contributed by atoms with E-state index < -0.39 is 17.3 Å². The molecule has 2 aromatic rings. The van der Waals surface area contributed by atoms with Crippen molar-refractivity contribution in [2.45, 2.75) is 13.1 Å². The number of nitrogens with zero attached hydrogens (tertiary/aromatic N) is 2. The number of benzene rings is 1. The van der Waals surface area contributed by atoms with E-state index in [1.54, 1.807) is 13.0 Å². The Kier molecular flexibility index (Phi) is 3.17. The Bertz CT molecular complexity index is 640. The molecule has 0 bridgehead atoms. The molecule has 0 aliphatic carbocycles. The molecule has 1 aromatic heterocycles. The summed E-state index contributed by atoms with van der Waals surface area (Å²) in [5.41, 5.74) is -0.752. The topological polar surface area (TPSA) is 61.7 Å². The number of hydrogen-bond donors (Lipinski definition) is 1. The number of rotatable bonds is 2. The molecule has 0 aliphatic rings. The highest BCUT2D eigenvalue weighted by atomic mass is 19.4. The number of H-pyrrole nitrogens is 1. The number of ether oxygens (including phenoxy) is 1. The lowest BCUT2D eigenvalue weighted by Gasteiger charge is -2.10. The maximum atomic E-state index is 12.7. The number of aromatic nitrogens is 2. The summed E-state index contributed by atoms with van der Waals surface area (Å²) >= 11 is 0. The molecule has 1 heterocycles. The molecule has 4 nitrogen and oxygen atoms in total. The van der Waals surface area contributed by atoms with Crippen LogP contribution in [0.1, 0.15) is 16.8 Å². The van der Waals surface area contributed by atoms with Gasteiger partial charge >= 0.3 is 6.18 Å². The van der Waals surface area contributed by atoms with E-state index in [0.717, 1.165) is 17.8 Å². The fourth-order valence-corrected chi connectivity index (χ4v) is 1.48. The molecule has 0 spiro atoms. The zero-order valence-electron chi connectivity index (χ0n) is 9.75. The highest BCUT2D eigenvalue weighted by molar-refractivity contribution is 5.45. The quantitative estimate of drug-likeness (QED) is 0.907. The van der Waals surface area contributed by atoms with Crippen LogP contribution in [0.25, 0.3) is 0 Å². The van der Waals surface area contributed by atoms with Gasteiger partial charge in [-0.2, -0.15) is 18.4 Å². The summed E-state index contributed by atoms with van der Waals surface area (Å²) in [7, 11) is 0. The van der Waals surface area contributed by atoms with Crippen LogP contribution in [0.4, 0.5) is 13.2 Å². The van der Waals surface area contributed by atoms with E-state index in [4.69, 9.17) is 10.00 Å². The van der Waals surface area contributed by atoms with Crippen molar-refractivity contribution in [1.82, 2.24) is 10.2 Å². The van der Waals surface area contributed by atoms with Crippen molar-refractivity contribution in [3.8, 4) is 17.7 Å². The van der Waals surface area contributed by atoms with Crippen LogP contribution in [0.3, 0.4) is 0 Å². The van der Waals surface area contributed by atoms with Crippen LogP contribution < -0.4 is 4.74 Å². The second-order valence-electron chi connectivity index (χ2n) is 3.81. The minimum Gasteiger partial charge on any atom is -0.438 e. The number of hydrogen-bond acceptors (Lipinski definition) is 3. The molecule has 0 unspecified atom stereocenters. The van der Waals surface area contributed by atoms with Gasteiger partial charge < -0.3 is 4.74 Å². The predicted octanol–water partition coefficient (Wildman–Crippen LogP) is 3.40. The number of nitriles is 1. The number of alkyl halides is 3. The first kappa shape index (κ1) is 13.0. The monoisotopic (exact) mass is 267 g/mol. The molecule has 0 fully saturated rings. The molecule has 0 radical (unpaired) electrons. The number of aromatic amines is 1. The van der Waals surface area contributed by atoms with E-state index in [0.29, 0.717) is 0 Å². The Balaban J connectivity index is 2.36. The molecule has 19 heavy (non-hydrogen) atoms. The van der Waals surface area contributed by atoms with E-state index in [2.05, 4.69) is 10.2 Å². The van der Waals surface area contributed by atoms with Crippen molar-refractivity contribution in [2.75, 3.05) is 0 Å². The molecular weight excluding hydrogens is 259 g/mol. The fraction of sp³-hybridized carbons (Fsp3) is 0.167. The Labute approximate surface area is 106 Å². The van der Waals surface area contributed by atoms with Gasteiger partial charge in [0.05, 0.1) is 17.2 Å². The highest BCUT2D eigenvalue weighted by Gasteiger charge is 2.34.